The van der Waals surface area contributed by atoms with Crippen molar-refractivity contribution < 1.29 is 4.79 Å². The molecule has 5 heteroatoms. The van der Waals surface area contributed by atoms with E-state index in [9.17, 15) is 4.79 Å². The Morgan fingerprint density at radius 1 is 1.14 bits per heavy atom. The van der Waals surface area contributed by atoms with Crippen LogP contribution in [0.2, 0.25) is 0 Å². The molecule has 0 unspecified atom stereocenters. The molecule has 0 aliphatic rings. The molecule has 1 heterocycles. The van der Waals surface area contributed by atoms with E-state index in [2.05, 4.69) is 10.4 Å². The largest absolute Gasteiger partial charge is 0.322 e. The number of nitriles is 1. The fraction of sp³-hybridized carbons (Fsp3) is 0. The lowest BCUT2D eigenvalue weighted by Gasteiger charge is -2.03. The third-order valence-electron chi connectivity index (χ3n) is 3.12. The molecular weight excluding hydrogens is 276 g/mol. The number of nitrogens with zero attached hydrogens (tertiary/aromatic N) is 3. The maximum Gasteiger partial charge on any atom is 0.258 e. The van der Waals surface area contributed by atoms with Gasteiger partial charge in [-0.2, -0.15) is 10.4 Å². The molecule has 3 aromatic rings. The number of aromatic nitrogens is 2. The van der Waals surface area contributed by atoms with Gasteiger partial charge in [-0.15, -0.1) is 0 Å². The fourth-order valence-electron chi connectivity index (χ4n) is 2.03. The molecule has 0 bridgehead atoms. The average Bonchev–Trinajstić information content (AvgIpc) is 3.06. The zero-order valence-electron chi connectivity index (χ0n) is 11.6. The van der Waals surface area contributed by atoms with Crippen LogP contribution in [0.3, 0.4) is 0 Å². The summed E-state index contributed by atoms with van der Waals surface area (Å²) in [4.78, 5) is 12.2. The van der Waals surface area contributed by atoms with Crippen molar-refractivity contribution in [2.45, 2.75) is 0 Å². The van der Waals surface area contributed by atoms with Crippen LogP contribution >= 0.6 is 0 Å². The molecule has 0 aliphatic heterocycles. The predicted molar refractivity (Wildman–Crippen MR) is 82.7 cm³/mol. The smallest absolute Gasteiger partial charge is 0.258 e. The number of anilines is 1. The maximum atomic E-state index is 12.2. The number of para-hydroxylation sites is 1. The Hall–Kier alpha value is -3.39. The van der Waals surface area contributed by atoms with E-state index in [1.54, 1.807) is 35.1 Å². The number of amides is 1. The monoisotopic (exact) mass is 288 g/mol. The molecule has 2 aromatic carbocycles. The van der Waals surface area contributed by atoms with E-state index >= 15 is 0 Å². The number of rotatable bonds is 3. The van der Waals surface area contributed by atoms with Crippen LogP contribution in [0.15, 0.2) is 67.0 Å². The first kappa shape index (κ1) is 13.6. The number of nitrogens with one attached hydrogen (secondary N) is 1. The Morgan fingerprint density at radius 2 is 1.95 bits per heavy atom. The lowest BCUT2D eigenvalue weighted by atomic mass is 10.2. The molecule has 0 atom stereocenters. The van der Waals surface area contributed by atoms with Crippen LogP contribution in [0, 0.1) is 11.3 Å². The SMILES string of the molecule is N#Cc1cccc(NC(=O)c2cnn(-c3ccccc3)c2)c1. The van der Waals surface area contributed by atoms with Crippen molar-refractivity contribution in [3.63, 3.8) is 0 Å². The third-order valence-corrected chi connectivity index (χ3v) is 3.12. The molecule has 106 valence electrons. The van der Waals surface area contributed by atoms with Crippen molar-refractivity contribution in [3.8, 4) is 11.8 Å². The van der Waals surface area contributed by atoms with Crippen molar-refractivity contribution in [2.75, 3.05) is 5.32 Å². The topological polar surface area (TPSA) is 70.7 Å². The van der Waals surface area contributed by atoms with Gasteiger partial charge in [0.2, 0.25) is 0 Å². The molecule has 0 aliphatic carbocycles. The minimum absolute atomic E-state index is 0.266. The molecule has 22 heavy (non-hydrogen) atoms. The molecule has 5 nitrogen and oxygen atoms in total. The van der Waals surface area contributed by atoms with E-state index in [-0.39, 0.29) is 5.91 Å². The summed E-state index contributed by atoms with van der Waals surface area (Å²) in [5.74, 6) is -0.266. The Kier molecular flexibility index (Phi) is 3.67. The second kappa shape index (κ2) is 5.94. The molecule has 0 fully saturated rings. The van der Waals surface area contributed by atoms with E-state index in [0.717, 1.165) is 5.69 Å². The standard InChI is InChI=1S/C17H12N4O/c18-10-13-5-4-6-15(9-13)20-17(22)14-11-19-21(12-14)16-7-2-1-3-8-16/h1-9,11-12H,(H,20,22). The van der Waals surface area contributed by atoms with E-state index in [4.69, 9.17) is 5.26 Å². The van der Waals surface area contributed by atoms with E-state index < -0.39 is 0 Å². The van der Waals surface area contributed by atoms with Crippen molar-refractivity contribution >= 4 is 11.6 Å². The first-order valence-electron chi connectivity index (χ1n) is 6.68. The normalized spacial score (nSPS) is 9.95. The number of hydrogen-bond donors (Lipinski definition) is 1. The summed E-state index contributed by atoms with van der Waals surface area (Å²) >= 11 is 0. The number of carbonyl (C=O) groups excluding carboxylic acids is 1. The lowest BCUT2D eigenvalue weighted by molar-refractivity contribution is 0.102. The second-order valence-electron chi connectivity index (χ2n) is 4.66. The lowest BCUT2D eigenvalue weighted by Crippen LogP contribution is -2.11. The number of carbonyl (C=O) groups is 1. The van der Waals surface area contributed by atoms with Gasteiger partial charge < -0.3 is 5.32 Å². The quantitative estimate of drug-likeness (QED) is 0.805. The predicted octanol–water partition coefficient (Wildman–Crippen LogP) is 3.00. The van der Waals surface area contributed by atoms with Gasteiger partial charge in [0, 0.05) is 11.9 Å². The highest BCUT2D eigenvalue weighted by molar-refractivity contribution is 6.04. The average molecular weight is 288 g/mol. The summed E-state index contributed by atoms with van der Waals surface area (Å²) in [7, 11) is 0. The summed E-state index contributed by atoms with van der Waals surface area (Å²) in [5, 5.41) is 15.8. The van der Waals surface area contributed by atoms with Crippen molar-refractivity contribution in [1.29, 1.82) is 5.26 Å². The van der Waals surface area contributed by atoms with Crippen LogP contribution in [0.4, 0.5) is 5.69 Å². The highest BCUT2D eigenvalue weighted by Crippen LogP contribution is 2.13. The van der Waals surface area contributed by atoms with Crippen molar-refractivity contribution in [3.05, 3.63) is 78.1 Å². The van der Waals surface area contributed by atoms with Gasteiger partial charge in [-0.25, -0.2) is 4.68 Å². The summed E-state index contributed by atoms with van der Waals surface area (Å²) in [5.41, 5.74) is 2.41. The van der Waals surface area contributed by atoms with E-state index in [0.29, 0.717) is 16.8 Å². The minimum atomic E-state index is -0.266. The van der Waals surface area contributed by atoms with E-state index in [1.807, 2.05) is 36.4 Å². The van der Waals surface area contributed by atoms with Crippen LogP contribution in [-0.2, 0) is 0 Å². The first-order valence-corrected chi connectivity index (χ1v) is 6.68. The van der Waals surface area contributed by atoms with Crippen LogP contribution in [0.1, 0.15) is 15.9 Å². The Balaban J connectivity index is 1.79. The zero-order valence-corrected chi connectivity index (χ0v) is 11.6. The number of hydrogen-bond acceptors (Lipinski definition) is 3. The highest BCUT2D eigenvalue weighted by Gasteiger charge is 2.10. The Labute approximate surface area is 127 Å². The summed E-state index contributed by atoms with van der Waals surface area (Å²) < 4.78 is 1.64. The van der Waals surface area contributed by atoms with Crippen LogP contribution in [0.5, 0.6) is 0 Å². The third kappa shape index (κ3) is 2.86. The number of benzene rings is 2. The molecule has 0 radical (unpaired) electrons. The summed E-state index contributed by atoms with van der Waals surface area (Å²) in [6.07, 6.45) is 3.18. The Morgan fingerprint density at radius 3 is 2.73 bits per heavy atom. The molecule has 0 saturated carbocycles. The molecule has 0 saturated heterocycles. The fourth-order valence-corrected chi connectivity index (χ4v) is 2.03. The minimum Gasteiger partial charge on any atom is -0.322 e. The van der Waals surface area contributed by atoms with Gasteiger partial charge in [0.1, 0.15) is 0 Å². The summed E-state index contributed by atoms with van der Waals surface area (Å²) in [6, 6.07) is 18.4. The van der Waals surface area contributed by atoms with Crippen molar-refractivity contribution in [2.24, 2.45) is 0 Å². The molecule has 1 N–H and O–H groups in total. The maximum absolute atomic E-state index is 12.2. The van der Waals surface area contributed by atoms with E-state index in [1.165, 1.54) is 6.20 Å². The second-order valence-corrected chi connectivity index (χ2v) is 4.66. The molecule has 0 spiro atoms. The van der Waals surface area contributed by atoms with Gasteiger partial charge >= 0.3 is 0 Å². The van der Waals surface area contributed by atoms with Gasteiger partial charge in [0.15, 0.2) is 0 Å². The summed E-state index contributed by atoms with van der Waals surface area (Å²) in [6.45, 7) is 0. The van der Waals surface area contributed by atoms with Gasteiger partial charge in [-0.3, -0.25) is 4.79 Å². The molecule has 3 rings (SSSR count). The molecular formula is C17H12N4O. The highest BCUT2D eigenvalue weighted by atomic mass is 16.1. The van der Waals surface area contributed by atoms with Gasteiger partial charge in [-0.1, -0.05) is 24.3 Å². The van der Waals surface area contributed by atoms with Crippen LogP contribution < -0.4 is 5.32 Å². The van der Waals surface area contributed by atoms with Gasteiger partial charge in [0.05, 0.1) is 29.1 Å². The van der Waals surface area contributed by atoms with Gasteiger partial charge in [-0.05, 0) is 30.3 Å². The Bertz CT molecular complexity index is 846. The molecule has 1 amide bonds. The molecule has 1 aromatic heterocycles. The first-order chi connectivity index (χ1) is 10.8. The van der Waals surface area contributed by atoms with Crippen LogP contribution in [0.25, 0.3) is 5.69 Å². The zero-order chi connectivity index (χ0) is 15.4. The van der Waals surface area contributed by atoms with Crippen LogP contribution in [-0.4, -0.2) is 15.7 Å². The van der Waals surface area contributed by atoms with Gasteiger partial charge in [0.25, 0.3) is 5.91 Å². The van der Waals surface area contributed by atoms with Crippen molar-refractivity contribution in [1.82, 2.24) is 9.78 Å².